The zero-order valence-corrected chi connectivity index (χ0v) is 16.7. The van der Waals surface area contributed by atoms with Crippen LogP contribution in [0.25, 0.3) is 0 Å². The highest BCUT2D eigenvalue weighted by Gasteiger charge is 2.34. The highest BCUT2D eigenvalue weighted by Crippen LogP contribution is 2.37. The van der Waals surface area contributed by atoms with Crippen molar-refractivity contribution < 1.29 is 14.3 Å². The molecule has 1 saturated heterocycles. The number of amides is 1. The number of rotatable bonds is 4. The first-order valence-corrected chi connectivity index (χ1v) is 9.79. The number of H-pyrrole nitrogens is 1. The average Bonchev–Trinajstić information content (AvgIpc) is 3.16. The Balaban J connectivity index is 1.46. The van der Waals surface area contributed by atoms with Crippen molar-refractivity contribution in [1.29, 1.82) is 0 Å². The molecule has 1 aromatic heterocycles. The molecule has 2 aliphatic rings. The second-order valence-electron chi connectivity index (χ2n) is 8.25. The number of benzene rings is 1. The summed E-state index contributed by atoms with van der Waals surface area (Å²) in [5.41, 5.74) is 0.487. The molecule has 0 spiro atoms. The van der Waals surface area contributed by atoms with Gasteiger partial charge in [0, 0.05) is 31.9 Å². The van der Waals surface area contributed by atoms with Crippen molar-refractivity contribution in [3.63, 3.8) is 0 Å². The van der Waals surface area contributed by atoms with E-state index in [-0.39, 0.29) is 24.5 Å². The number of ether oxygens (including phenoxy) is 2. The van der Waals surface area contributed by atoms with E-state index in [1.807, 2.05) is 23.1 Å². The van der Waals surface area contributed by atoms with E-state index in [0.29, 0.717) is 18.7 Å². The summed E-state index contributed by atoms with van der Waals surface area (Å²) in [6, 6.07) is 5.99. The summed E-state index contributed by atoms with van der Waals surface area (Å²) in [7, 11) is 1.40. The molecular formula is C21H25N3O5. The largest absolute Gasteiger partial charge is 0.454 e. The Morgan fingerprint density at radius 1 is 1.24 bits per heavy atom. The Bertz CT molecular complexity index is 1060. The van der Waals surface area contributed by atoms with Crippen molar-refractivity contribution in [1.82, 2.24) is 14.5 Å². The number of aromatic nitrogens is 2. The van der Waals surface area contributed by atoms with Gasteiger partial charge in [-0.25, -0.2) is 4.79 Å². The number of carbonyl (C=O) groups excluding carboxylic acids is 1. The van der Waals surface area contributed by atoms with Gasteiger partial charge in [-0.3, -0.25) is 14.2 Å². The van der Waals surface area contributed by atoms with Crippen LogP contribution in [0.1, 0.15) is 30.9 Å². The lowest BCUT2D eigenvalue weighted by Gasteiger charge is -2.41. The molecule has 1 fully saturated rings. The van der Waals surface area contributed by atoms with Crippen molar-refractivity contribution in [2.24, 2.45) is 12.5 Å². The lowest BCUT2D eigenvalue weighted by molar-refractivity contribution is -0.133. The molecule has 0 saturated carbocycles. The van der Waals surface area contributed by atoms with E-state index in [9.17, 15) is 14.4 Å². The molecule has 0 bridgehead atoms. The summed E-state index contributed by atoms with van der Waals surface area (Å²) >= 11 is 0. The summed E-state index contributed by atoms with van der Waals surface area (Å²) in [4.78, 5) is 40.9. The number of likely N-dealkylation sites (tertiary alicyclic amines) is 1. The standard InChI is InChI=1S/C21H25N3O5/c1-21(10-14-4-5-16-17(8-14)29-13-28-16)6-3-7-24(12-21)18(25)9-15-11-22-20(27)23(2)19(15)26/h4-5,8,11H,3,6-7,9-10,12-13H2,1-2H3,(H,22,27). The number of nitrogens with one attached hydrogen (secondary N) is 1. The molecule has 1 aromatic carbocycles. The number of fused-ring (bicyclic) bond motifs is 1. The minimum atomic E-state index is -0.486. The summed E-state index contributed by atoms with van der Waals surface area (Å²) in [5.74, 6) is 1.44. The summed E-state index contributed by atoms with van der Waals surface area (Å²) in [5, 5.41) is 0. The lowest BCUT2D eigenvalue weighted by Crippen LogP contribution is -2.47. The van der Waals surface area contributed by atoms with Gasteiger partial charge in [0.2, 0.25) is 12.7 Å². The summed E-state index contributed by atoms with van der Waals surface area (Å²) in [6.45, 7) is 3.75. The Morgan fingerprint density at radius 2 is 2.03 bits per heavy atom. The third-order valence-electron chi connectivity index (χ3n) is 5.80. The molecule has 3 heterocycles. The molecule has 2 aliphatic heterocycles. The van der Waals surface area contributed by atoms with Crippen LogP contribution in [0.5, 0.6) is 11.5 Å². The van der Waals surface area contributed by atoms with E-state index in [4.69, 9.17) is 9.47 Å². The molecule has 0 aliphatic carbocycles. The van der Waals surface area contributed by atoms with Crippen molar-refractivity contribution in [2.45, 2.75) is 32.6 Å². The van der Waals surface area contributed by atoms with E-state index in [1.54, 1.807) is 0 Å². The average molecular weight is 399 g/mol. The molecule has 8 heteroatoms. The smallest absolute Gasteiger partial charge is 0.328 e. The second-order valence-corrected chi connectivity index (χ2v) is 8.25. The molecule has 1 N–H and O–H groups in total. The SMILES string of the molecule is Cn1c(=O)[nH]cc(CC(=O)N2CCCC(C)(Cc3ccc4c(c3)OCO4)C2)c1=O. The Kier molecular flexibility index (Phi) is 4.94. The van der Waals surface area contributed by atoms with Gasteiger partial charge in [0.05, 0.1) is 6.42 Å². The zero-order valence-electron chi connectivity index (χ0n) is 16.7. The Morgan fingerprint density at radius 3 is 2.86 bits per heavy atom. The summed E-state index contributed by atoms with van der Waals surface area (Å²) in [6.07, 6.45) is 4.10. The van der Waals surface area contributed by atoms with Crippen LogP contribution >= 0.6 is 0 Å². The van der Waals surface area contributed by atoms with Gasteiger partial charge in [0.25, 0.3) is 5.56 Å². The van der Waals surface area contributed by atoms with Crippen molar-refractivity contribution in [2.75, 3.05) is 19.9 Å². The number of piperidine rings is 1. The molecule has 4 rings (SSSR count). The first-order chi connectivity index (χ1) is 13.8. The van der Waals surface area contributed by atoms with Crippen LogP contribution in [-0.4, -0.2) is 40.2 Å². The third-order valence-corrected chi connectivity index (χ3v) is 5.80. The maximum Gasteiger partial charge on any atom is 0.328 e. The van der Waals surface area contributed by atoms with E-state index >= 15 is 0 Å². The van der Waals surface area contributed by atoms with E-state index in [2.05, 4.69) is 11.9 Å². The minimum Gasteiger partial charge on any atom is -0.454 e. The van der Waals surface area contributed by atoms with Crippen LogP contribution in [-0.2, 0) is 24.7 Å². The highest BCUT2D eigenvalue weighted by molar-refractivity contribution is 5.78. The third kappa shape index (κ3) is 3.92. The molecule has 1 atom stereocenters. The fourth-order valence-corrected chi connectivity index (χ4v) is 4.23. The molecule has 29 heavy (non-hydrogen) atoms. The van der Waals surface area contributed by atoms with Gasteiger partial charge >= 0.3 is 5.69 Å². The van der Waals surface area contributed by atoms with Crippen molar-refractivity contribution in [3.8, 4) is 11.5 Å². The van der Waals surface area contributed by atoms with Gasteiger partial charge in [-0.2, -0.15) is 0 Å². The van der Waals surface area contributed by atoms with E-state index in [1.165, 1.54) is 13.2 Å². The van der Waals surface area contributed by atoms with Gasteiger partial charge in [0.1, 0.15) is 0 Å². The first kappa shape index (κ1) is 19.3. The fourth-order valence-electron chi connectivity index (χ4n) is 4.23. The van der Waals surface area contributed by atoms with Gasteiger partial charge in [-0.1, -0.05) is 13.0 Å². The highest BCUT2D eigenvalue weighted by atomic mass is 16.7. The maximum atomic E-state index is 12.9. The van der Waals surface area contributed by atoms with Crippen molar-refractivity contribution in [3.05, 3.63) is 56.4 Å². The molecule has 0 radical (unpaired) electrons. The zero-order chi connectivity index (χ0) is 20.6. The first-order valence-electron chi connectivity index (χ1n) is 9.79. The molecule has 154 valence electrons. The number of carbonyl (C=O) groups is 1. The monoisotopic (exact) mass is 399 g/mol. The van der Waals surface area contributed by atoms with Crippen molar-refractivity contribution >= 4 is 5.91 Å². The minimum absolute atomic E-state index is 0.0104. The second kappa shape index (κ2) is 7.42. The van der Waals surface area contributed by atoms with Crippen LogP contribution < -0.4 is 20.7 Å². The number of hydrogen-bond acceptors (Lipinski definition) is 5. The Labute approximate surface area is 168 Å². The van der Waals surface area contributed by atoms with E-state index < -0.39 is 11.2 Å². The molecule has 1 unspecified atom stereocenters. The van der Waals surface area contributed by atoms with Gasteiger partial charge in [-0.15, -0.1) is 0 Å². The topological polar surface area (TPSA) is 93.6 Å². The molecule has 2 aromatic rings. The van der Waals surface area contributed by atoms with E-state index in [0.717, 1.165) is 40.9 Å². The van der Waals surface area contributed by atoms with Crippen LogP contribution in [0.2, 0.25) is 0 Å². The van der Waals surface area contributed by atoms with Crippen LogP contribution in [0.4, 0.5) is 0 Å². The molecular weight excluding hydrogens is 374 g/mol. The van der Waals surface area contributed by atoms with Crippen LogP contribution in [0.15, 0.2) is 34.0 Å². The van der Waals surface area contributed by atoms with Gasteiger partial charge in [0.15, 0.2) is 11.5 Å². The number of aromatic amines is 1. The maximum absolute atomic E-state index is 12.9. The lowest BCUT2D eigenvalue weighted by atomic mass is 9.77. The van der Waals surface area contributed by atoms with Gasteiger partial charge < -0.3 is 19.4 Å². The number of hydrogen-bond donors (Lipinski definition) is 1. The molecule has 8 nitrogen and oxygen atoms in total. The quantitative estimate of drug-likeness (QED) is 0.834. The fraction of sp³-hybridized carbons (Fsp3) is 0.476. The summed E-state index contributed by atoms with van der Waals surface area (Å²) < 4.78 is 11.8. The predicted octanol–water partition coefficient (Wildman–Crippen LogP) is 1.22. The van der Waals surface area contributed by atoms with Crippen LogP contribution in [0.3, 0.4) is 0 Å². The Hall–Kier alpha value is -3.03. The van der Waals surface area contributed by atoms with Crippen LogP contribution in [0, 0.1) is 5.41 Å². The number of nitrogens with zero attached hydrogens (tertiary/aromatic N) is 2. The predicted molar refractivity (Wildman–Crippen MR) is 106 cm³/mol. The van der Waals surface area contributed by atoms with Gasteiger partial charge in [-0.05, 0) is 42.4 Å². The molecule has 1 amide bonds. The normalized spacial score (nSPS) is 20.7.